The highest BCUT2D eigenvalue weighted by Crippen LogP contribution is 2.22. The second kappa shape index (κ2) is 6.78. The maximum Gasteiger partial charge on any atom is 0.253 e. The summed E-state index contributed by atoms with van der Waals surface area (Å²) in [5.74, 6) is -0.125. The average Bonchev–Trinajstić information content (AvgIpc) is 3.11. The summed E-state index contributed by atoms with van der Waals surface area (Å²) in [7, 11) is 0.621. The SMILES string of the molecule is CN(C)CC1CN(S(C)(=O)=O)CC1NC(=O)c1c[nH]c2ccccc12. The molecule has 0 spiro atoms. The number of benzene rings is 1. The number of nitrogens with one attached hydrogen (secondary N) is 2. The molecule has 1 aromatic carbocycles. The highest BCUT2D eigenvalue weighted by atomic mass is 32.2. The minimum atomic E-state index is -3.27. The molecule has 2 heterocycles. The molecule has 136 valence electrons. The number of fused-ring (bicyclic) bond motifs is 1. The van der Waals surface area contributed by atoms with Gasteiger partial charge in [0.25, 0.3) is 5.91 Å². The number of hydrogen-bond acceptors (Lipinski definition) is 4. The summed E-state index contributed by atoms with van der Waals surface area (Å²) in [4.78, 5) is 17.9. The van der Waals surface area contributed by atoms with Gasteiger partial charge in [0.15, 0.2) is 0 Å². The van der Waals surface area contributed by atoms with Crippen molar-refractivity contribution in [3.63, 3.8) is 0 Å². The number of nitrogens with zero attached hydrogens (tertiary/aromatic N) is 2. The second-order valence-electron chi connectivity index (χ2n) is 6.93. The Morgan fingerprint density at radius 1 is 1.32 bits per heavy atom. The van der Waals surface area contributed by atoms with Crippen LogP contribution in [0.3, 0.4) is 0 Å². The first kappa shape index (κ1) is 17.9. The van der Waals surface area contributed by atoms with Gasteiger partial charge in [-0.15, -0.1) is 0 Å². The zero-order chi connectivity index (χ0) is 18.2. The quantitative estimate of drug-likeness (QED) is 0.819. The van der Waals surface area contributed by atoms with Gasteiger partial charge in [-0.1, -0.05) is 18.2 Å². The predicted molar refractivity (Wildman–Crippen MR) is 98.0 cm³/mol. The van der Waals surface area contributed by atoms with Gasteiger partial charge in [-0.05, 0) is 20.2 Å². The van der Waals surface area contributed by atoms with Crippen LogP contribution in [0.2, 0.25) is 0 Å². The van der Waals surface area contributed by atoms with Gasteiger partial charge < -0.3 is 15.2 Å². The van der Waals surface area contributed by atoms with Crippen LogP contribution in [0, 0.1) is 5.92 Å². The van der Waals surface area contributed by atoms with E-state index in [2.05, 4.69) is 10.3 Å². The van der Waals surface area contributed by atoms with E-state index in [0.29, 0.717) is 25.2 Å². The number of carbonyl (C=O) groups is 1. The van der Waals surface area contributed by atoms with Gasteiger partial charge in [0.2, 0.25) is 10.0 Å². The molecule has 2 aromatic rings. The molecule has 1 aliphatic rings. The molecule has 1 fully saturated rings. The van der Waals surface area contributed by atoms with E-state index in [9.17, 15) is 13.2 Å². The van der Waals surface area contributed by atoms with E-state index in [1.54, 1.807) is 6.20 Å². The van der Waals surface area contributed by atoms with Crippen molar-refractivity contribution in [3.05, 3.63) is 36.0 Å². The van der Waals surface area contributed by atoms with Gasteiger partial charge in [-0.25, -0.2) is 8.42 Å². The Kier molecular flexibility index (Phi) is 4.86. The number of aromatic nitrogens is 1. The molecule has 1 amide bonds. The molecule has 1 aromatic heterocycles. The monoisotopic (exact) mass is 364 g/mol. The molecule has 2 unspecified atom stereocenters. The van der Waals surface area contributed by atoms with Crippen LogP contribution in [0.15, 0.2) is 30.5 Å². The van der Waals surface area contributed by atoms with Crippen molar-refractivity contribution in [1.29, 1.82) is 0 Å². The fourth-order valence-electron chi connectivity index (χ4n) is 3.43. The topological polar surface area (TPSA) is 85.5 Å². The van der Waals surface area contributed by atoms with Crippen molar-refractivity contribution < 1.29 is 13.2 Å². The molecule has 1 aliphatic heterocycles. The van der Waals surface area contributed by atoms with Crippen LogP contribution in [0.1, 0.15) is 10.4 Å². The number of amides is 1. The molecule has 2 N–H and O–H groups in total. The molecule has 25 heavy (non-hydrogen) atoms. The van der Waals surface area contributed by atoms with Crippen LogP contribution in [-0.2, 0) is 10.0 Å². The van der Waals surface area contributed by atoms with Gasteiger partial charge in [0, 0.05) is 48.7 Å². The lowest BCUT2D eigenvalue weighted by atomic mass is 10.0. The summed E-state index contributed by atoms with van der Waals surface area (Å²) < 4.78 is 25.2. The van der Waals surface area contributed by atoms with E-state index < -0.39 is 10.0 Å². The van der Waals surface area contributed by atoms with Crippen molar-refractivity contribution >= 4 is 26.8 Å². The lowest BCUT2D eigenvalue weighted by Gasteiger charge is -2.22. The largest absolute Gasteiger partial charge is 0.360 e. The fraction of sp³-hybridized carbons (Fsp3) is 0.471. The van der Waals surface area contributed by atoms with Crippen LogP contribution < -0.4 is 5.32 Å². The summed E-state index contributed by atoms with van der Waals surface area (Å²) >= 11 is 0. The number of aromatic amines is 1. The van der Waals surface area contributed by atoms with Crippen molar-refractivity contribution in [2.24, 2.45) is 5.92 Å². The maximum absolute atomic E-state index is 12.8. The standard InChI is InChI=1S/C17H24N4O3S/c1-20(2)9-12-10-21(25(3,23)24)11-16(12)19-17(22)14-8-18-15-7-5-4-6-13(14)15/h4-8,12,16,18H,9-11H2,1-3H3,(H,19,22). The number of rotatable bonds is 5. The summed E-state index contributed by atoms with van der Waals surface area (Å²) in [6.07, 6.45) is 2.91. The minimum absolute atomic E-state index is 0.0545. The summed E-state index contributed by atoms with van der Waals surface area (Å²) in [5, 5.41) is 3.90. The minimum Gasteiger partial charge on any atom is -0.360 e. The molecule has 2 atom stereocenters. The van der Waals surface area contributed by atoms with E-state index in [1.807, 2.05) is 43.3 Å². The van der Waals surface area contributed by atoms with E-state index in [4.69, 9.17) is 0 Å². The van der Waals surface area contributed by atoms with Gasteiger partial charge in [-0.3, -0.25) is 4.79 Å². The third kappa shape index (κ3) is 3.86. The predicted octanol–water partition coefficient (Wildman–Crippen LogP) is 0.719. The number of hydrogen-bond donors (Lipinski definition) is 2. The molecule has 0 aliphatic carbocycles. The second-order valence-corrected chi connectivity index (χ2v) is 8.91. The molecule has 8 heteroatoms. The van der Waals surface area contributed by atoms with Gasteiger partial charge >= 0.3 is 0 Å². The van der Waals surface area contributed by atoms with Crippen LogP contribution >= 0.6 is 0 Å². The van der Waals surface area contributed by atoms with E-state index in [0.717, 1.165) is 10.9 Å². The van der Waals surface area contributed by atoms with Gasteiger partial charge in [0.05, 0.1) is 11.8 Å². The Hall–Kier alpha value is -1.90. The fourth-order valence-corrected chi connectivity index (χ4v) is 4.32. The van der Waals surface area contributed by atoms with Crippen molar-refractivity contribution in [2.75, 3.05) is 40.0 Å². The Balaban J connectivity index is 1.80. The first-order valence-electron chi connectivity index (χ1n) is 8.22. The van der Waals surface area contributed by atoms with Crippen molar-refractivity contribution in [2.45, 2.75) is 6.04 Å². The lowest BCUT2D eigenvalue weighted by molar-refractivity contribution is 0.0929. The lowest BCUT2D eigenvalue weighted by Crippen LogP contribution is -2.43. The van der Waals surface area contributed by atoms with E-state index >= 15 is 0 Å². The first-order valence-corrected chi connectivity index (χ1v) is 10.1. The summed E-state index contributed by atoms with van der Waals surface area (Å²) in [6, 6.07) is 7.41. The maximum atomic E-state index is 12.8. The zero-order valence-electron chi connectivity index (χ0n) is 14.7. The molecule has 0 saturated carbocycles. The van der Waals surface area contributed by atoms with Crippen molar-refractivity contribution in [3.8, 4) is 0 Å². The number of carbonyl (C=O) groups excluding carboxylic acids is 1. The van der Waals surface area contributed by atoms with Gasteiger partial charge in [0.1, 0.15) is 0 Å². The third-order valence-corrected chi connectivity index (χ3v) is 5.86. The van der Waals surface area contributed by atoms with E-state index in [-0.39, 0.29) is 17.9 Å². The van der Waals surface area contributed by atoms with Gasteiger partial charge in [-0.2, -0.15) is 4.31 Å². The zero-order valence-corrected chi connectivity index (χ0v) is 15.5. The molecule has 1 saturated heterocycles. The van der Waals surface area contributed by atoms with Crippen LogP contribution in [0.5, 0.6) is 0 Å². The molecular weight excluding hydrogens is 340 g/mol. The van der Waals surface area contributed by atoms with E-state index in [1.165, 1.54) is 10.6 Å². The molecule has 0 bridgehead atoms. The Morgan fingerprint density at radius 3 is 2.72 bits per heavy atom. The third-order valence-electron chi connectivity index (χ3n) is 4.63. The Morgan fingerprint density at radius 2 is 2.04 bits per heavy atom. The molecular formula is C17H24N4O3S. The van der Waals surface area contributed by atoms with Crippen LogP contribution in [-0.4, -0.2) is 74.5 Å². The number of sulfonamides is 1. The Labute approximate surface area is 148 Å². The van der Waals surface area contributed by atoms with Crippen LogP contribution in [0.4, 0.5) is 0 Å². The normalized spacial score (nSPS) is 21.9. The smallest absolute Gasteiger partial charge is 0.253 e. The molecule has 3 rings (SSSR count). The summed E-state index contributed by atoms with van der Waals surface area (Å²) in [6.45, 7) is 1.45. The van der Waals surface area contributed by atoms with Crippen molar-refractivity contribution in [1.82, 2.24) is 19.5 Å². The number of H-pyrrole nitrogens is 1. The average molecular weight is 364 g/mol. The Bertz CT molecular complexity index is 875. The molecule has 0 radical (unpaired) electrons. The number of para-hydroxylation sites is 1. The first-order chi connectivity index (χ1) is 11.8. The summed E-state index contributed by atoms with van der Waals surface area (Å²) in [5.41, 5.74) is 1.48. The molecule has 7 nitrogen and oxygen atoms in total. The highest BCUT2D eigenvalue weighted by molar-refractivity contribution is 7.88. The highest BCUT2D eigenvalue weighted by Gasteiger charge is 2.38. The van der Waals surface area contributed by atoms with Crippen LogP contribution in [0.25, 0.3) is 10.9 Å².